The molecule has 1 aliphatic carbocycles. The van der Waals surface area contributed by atoms with Crippen molar-refractivity contribution >= 4 is 21.6 Å². The number of anilines is 1. The van der Waals surface area contributed by atoms with E-state index in [1.54, 1.807) is 24.4 Å². The van der Waals surface area contributed by atoms with Crippen molar-refractivity contribution in [3.05, 3.63) is 54.2 Å². The van der Waals surface area contributed by atoms with Gasteiger partial charge in [-0.05, 0) is 49.6 Å². The van der Waals surface area contributed by atoms with Gasteiger partial charge in [-0.2, -0.15) is 5.10 Å². The maximum absolute atomic E-state index is 12.8. The standard InChI is InChI=1S/C20H26N4O2S/c1-16(22-23-20-13-6-7-14-21-20)17-9-8-12-19(15-17)27(25,26)24-18-10-4-2-3-5-11-18/h6-9,12-15,18,24H,2-5,10-11H2,1H3,(H,21,23)/b22-16-. The van der Waals surface area contributed by atoms with Crippen molar-refractivity contribution in [3.63, 3.8) is 0 Å². The molecule has 2 aromatic rings. The van der Waals surface area contributed by atoms with Gasteiger partial charge in [0, 0.05) is 12.2 Å². The SMILES string of the molecule is C/C(=N/Nc1ccccn1)c1cccc(S(=O)(=O)NC2CCCCCC2)c1. The van der Waals surface area contributed by atoms with Crippen molar-refractivity contribution in [3.8, 4) is 0 Å². The fraction of sp³-hybridized carbons (Fsp3) is 0.400. The number of hydrogen-bond acceptors (Lipinski definition) is 5. The number of pyridine rings is 1. The normalized spacial score (nSPS) is 16.7. The minimum atomic E-state index is -3.54. The van der Waals surface area contributed by atoms with Gasteiger partial charge in [-0.3, -0.25) is 5.43 Å². The maximum Gasteiger partial charge on any atom is 0.240 e. The molecule has 3 rings (SSSR count). The van der Waals surface area contributed by atoms with E-state index in [1.165, 1.54) is 12.8 Å². The number of nitrogens with one attached hydrogen (secondary N) is 2. The van der Waals surface area contributed by atoms with Crippen LogP contribution >= 0.6 is 0 Å². The average molecular weight is 387 g/mol. The Labute approximate surface area is 161 Å². The van der Waals surface area contributed by atoms with Crippen LogP contribution in [0, 0.1) is 0 Å². The largest absolute Gasteiger partial charge is 0.261 e. The molecule has 6 nitrogen and oxygen atoms in total. The Kier molecular flexibility index (Phi) is 6.58. The lowest BCUT2D eigenvalue weighted by Gasteiger charge is -2.16. The number of sulfonamides is 1. The van der Waals surface area contributed by atoms with E-state index in [9.17, 15) is 8.42 Å². The van der Waals surface area contributed by atoms with Crippen molar-refractivity contribution in [2.24, 2.45) is 5.10 Å². The zero-order valence-electron chi connectivity index (χ0n) is 15.6. The Balaban J connectivity index is 1.73. The van der Waals surface area contributed by atoms with E-state index in [4.69, 9.17) is 0 Å². The Hall–Kier alpha value is -2.25. The maximum atomic E-state index is 12.8. The minimum Gasteiger partial charge on any atom is -0.261 e. The van der Waals surface area contributed by atoms with Crippen LogP contribution in [0.3, 0.4) is 0 Å². The van der Waals surface area contributed by atoms with Crippen LogP contribution in [0.15, 0.2) is 58.7 Å². The molecule has 1 aliphatic rings. The lowest BCUT2D eigenvalue weighted by atomic mass is 10.1. The highest BCUT2D eigenvalue weighted by Crippen LogP contribution is 2.20. The van der Waals surface area contributed by atoms with Crippen molar-refractivity contribution in [1.29, 1.82) is 0 Å². The zero-order valence-corrected chi connectivity index (χ0v) is 16.4. The summed E-state index contributed by atoms with van der Waals surface area (Å²) in [4.78, 5) is 4.42. The summed E-state index contributed by atoms with van der Waals surface area (Å²) in [6, 6.07) is 12.4. The molecular weight excluding hydrogens is 360 g/mol. The highest BCUT2D eigenvalue weighted by molar-refractivity contribution is 7.89. The average Bonchev–Trinajstić information content (AvgIpc) is 2.95. The van der Waals surface area contributed by atoms with Crippen LogP contribution in [-0.2, 0) is 10.0 Å². The van der Waals surface area contributed by atoms with Crippen molar-refractivity contribution in [2.45, 2.75) is 56.4 Å². The summed E-state index contributed by atoms with van der Waals surface area (Å²) in [5.41, 5.74) is 4.32. The molecule has 1 aromatic heterocycles. The van der Waals surface area contributed by atoms with E-state index in [-0.39, 0.29) is 10.9 Å². The van der Waals surface area contributed by atoms with Crippen LogP contribution in [0.2, 0.25) is 0 Å². The highest BCUT2D eigenvalue weighted by atomic mass is 32.2. The van der Waals surface area contributed by atoms with Gasteiger partial charge in [0.15, 0.2) is 0 Å². The zero-order chi connectivity index (χ0) is 19.1. The predicted octanol–water partition coefficient (Wildman–Crippen LogP) is 3.92. The van der Waals surface area contributed by atoms with Gasteiger partial charge < -0.3 is 0 Å². The lowest BCUT2D eigenvalue weighted by molar-refractivity contribution is 0.510. The molecule has 27 heavy (non-hydrogen) atoms. The van der Waals surface area contributed by atoms with E-state index in [0.717, 1.165) is 31.2 Å². The van der Waals surface area contributed by atoms with Crippen LogP contribution in [0.1, 0.15) is 51.0 Å². The fourth-order valence-electron chi connectivity index (χ4n) is 3.21. The first-order valence-electron chi connectivity index (χ1n) is 9.39. The Morgan fingerprint density at radius 3 is 2.56 bits per heavy atom. The van der Waals surface area contributed by atoms with E-state index < -0.39 is 10.0 Å². The van der Waals surface area contributed by atoms with Gasteiger partial charge >= 0.3 is 0 Å². The molecule has 0 spiro atoms. The first-order valence-corrected chi connectivity index (χ1v) is 10.9. The second-order valence-corrected chi connectivity index (χ2v) is 8.58. The molecule has 144 valence electrons. The van der Waals surface area contributed by atoms with Crippen LogP contribution in [-0.4, -0.2) is 25.2 Å². The second-order valence-electron chi connectivity index (χ2n) is 6.86. The Morgan fingerprint density at radius 1 is 1.07 bits per heavy atom. The molecule has 1 aromatic carbocycles. The topological polar surface area (TPSA) is 83.5 Å². The third-order valence-corrected chi connectivity index (χ3v) is 6.26. The molecule has 1 fully saturated rings. The second kappa shape index (κ2) is 9.10. The number of rotatable bonds is 6. The molecule has 0 radical (unpaired) electrons. The summed E-state index contributed by atoms with van der Waals surface area (Å²) in [5.74, 6) is 0.635. The van der Waals surface area contributed by atoms with Gasteiger partial charge in [0.1, 0.15) is 5.82 Å². The molecule has 0 bridgehead atoms. The number of aromatic nitrogens is 1. The first-order chi connectivity index (χ1) is 13.0. The quantitative estimate of drug-likeness (QED) is 0.448. The monoisotopic (exact) mass is 386 g/mol. The van der Waals surface area contributed by atoms with Gasteiger partial charge in [-0.1, -0.05) is 43.9 Å². The van der Waals surface area contributed by atoms with E-state index in [2.05, 4.69) is 20.2 Å². The molecule has 0 aliphatic heterocycles. The summed E-state index contributed by atoms with van der Waals surface area (Å²) in [5, 5.41) is 4.30. The van der Waals surface area contributed by atoms with Crippen LogP contribution in [0.25, 0.3) is 0 Å². The van der Waals surface area contributed by atoms with Crippen molar-refractivity contribution < 1.29 is 8.42 Å². The molecule has 7 heteroatoms. The summed E-state index contributed by atoms with van der Waals surface area (Å²) < 4.78 is 28.5. The molecule has 2 N–H and O–H groups in total. The molecule has 0 saturated heterocycles. The van der Waals surface area contributed by atoms with Crippen LogP contribution in [0.5, 0.6) is 0 Å². The van der Waals surface area contributed by atoms with Crippen molar-refractivity contribution in [1.82, 2.24) is 9.71 Å². The number of nitrogens with zero attached hydrogens (tertiary/aromatic N) is 2. The fourth-order valence-corrected chi connectivity index (χ4v) is 4.56. The van der Waals surface area contributed by atoms with Gasteiger partial charge in [0.2, 0.25) is 10.0 Å². The van der Waals surface area contributed by atoms with Gasteiger partial charge in [-0.15, -0.1) is 0 Å². The van der Waals surface area contributed by atoms with E-state index in [1.807, 2.05) is 31.2 Å². The predicted molar refractivity (Wildman–Crippen MR) is 108 cm³/mol. The number of hydrogen-bond donors (Lipinski definition) is 2. The van der Waals surface area contributed by atoms with Crippen molar-refractivity contribution in [2.75, 3.05) is 5.43 Å². The Morgan fingerprint density at radius 2 is 1.85 bits per heavy atom. The van der Waals surface area contributed by atoms with Gasteiger partial charge in [0.05, 0.1) is 10.6 Å². The van der Waals surface area contributed by atoms with Crippen LogP contribution in [0.4, 0.5) is 5.82 Å². The molecule has 0 unspecified atom stereocenters. The molecule has 1 saturated carbocycles. The number of hydrazone groups is 1. The first kappa shape index (κ1) is 19.5. The van der Waals surface area contributed by atoms with Gasteiger partial charge in [-0.25, -0.2) is 18.1 Å². The third kappa shape index (κ3) is 5.61. The summed E-state index contributed by atoms with van der Waals surface area (Å²) >= 11 is 0. The molecule has 0 amide bonds. The Bertz CT molecular complexity index is 874. The summed E-state index contributed by atoms with van der Waals surface area (Å²) in [6.45, 7) is 1.83. The van der Waals surface area contributed by atoms with Crippen LogP contribution < -0.4 is 10.1 Å². The molecule has 1 heterocycles. The lowest BCUT2D eigenvalue weighted by Crippen LogP contribution is -2.34. The highest BCUT2D eigenvalue weighted by Gasteiger charge is 2.21. The van der Waals surface area contributed by atoms with E-state index >= 15 is 0 Å². The molecule has 0 atom stereocenters. The van der Waals surface area contributed by atoms with Gasteiger partial charge in [0.25, 0.3) is 0 Å². The minimum absolute atomic E-state index is 0.0294. The summed E-state index contributed by atoms with van der Waals surface area (Å²) in [7, 11) is -3.54. The van der Waals surface area contributed by atoms with E-state index in [0.29, 0.717) is 11.5 Å². The number of benzene rings is 1. The third-order valence-electron chi connectivity index (χ3n) is 4.74. The molecular formula is C20H26N4O2S. The summed E-state index contributed by atoms with van der Waals surface area (Å²) in [6.07, 6.45) is 8.04. The smallest absolute Gasteiger partial charge is 0.240 e.